The lowest BCUT2D eigenvalue weighted by Gasteiger charge is -2.05. The molecule has 3 aromatic rings. The molecule has 0 saturated carbocycles. The summed E-state index contributed by atoms with van der Waals surface area (Å²) in [5, 5.41) is 1.90. The summed E-state index contributed by atoms with van der Waals surface area (Å²) in [6.45, 7) is 1.73. The monoisotopic (exact) mass is 324 g/mol. The number of hydrogen-bond donors (Lipinski definition) is 2. The number of carbonyl (C=O) groups is 2. The van der Waals surface area contributed by atoms with Crippen molar-refractivity contribution in [2.75, 3.05) is 12.8 Å². The second-order valence-electron chi connectivity index (χ2n) is 5.24. The molecule has 0 spiro atoms. The fourth-order valence-electron chi connectivity index (χ4n) is 2.51. The maximum atomic E-state index is 12.2. The van der Waals surface area contributed by atoms with Gasteiger partial charge in [0.25, 0.3) is 0 Å². The molecule has 0 saturated heterocycles. The normalized spacial score (nSPS) is 12.5. The zero-order valence-corrected chi connectivity index (χ0v) is 13.3. The van der Waals surface area contributed by atoms with Gasteiger partial charge in [0.1, 0.15) is 0 Å². The Hall–Kier alpha value is -3.22. The number of anilines is 1. The van der Waals surface area contributed by atoms with E-state index in [-0.39, 0.29) is 18.1 Å². The van der Waals surface area contributed by atoms with E-state index < -0.39 is 0 Å². The molecule has 3 rings (SSSR count). The number of benzene rings is 1. The quantitative estimate of drug-likeness (QED) is 0.330. The lowest BCUT2D eigenvalue weighted by molar-refractivity contribution is -0.117. The van der Waals surface area contributed by atoms with Gasteiger partial charge in [-0.2, -0.15) is 0 Å². The van der Waals surface area contributed by atoms with Crippen molar-refractivity contribution in [3.63, 3.8) is 0 Å². The van der Waals surface area contributed by atoms with Crippen molar-refractivity contribution in [1.29, 1.82) is 0 Å². The summed E-state index contributed by atoms with van der Waals surface area (Å²) in [4.78, 5) is 35.4. The van der Waals surface area contributed by atoms with Gasteiger partial charge in [-0.05, 0) is 12.1 Å². The number of nitrogens with two attached hydrogens (primary N) is 1. The van der Waals surface area contributed by atoms with E-state index in [2.05, 4.69) is 15.0 Å². The minimum atomic E-state index is -0.269. The van der Waals surface area contributed by atoms with E-state index in [0.29, 0.717) is 27.8 Å². The van der Waals surface area contributed by atoms with Crippen molar-refractivity contribution in [3.8, 4) is 0 Å². The molecule has 1 amide bonds. The second-order valence-corrected chi connectivity index (χ2v) is 5.24. The number of ether oxygens (including phenoxy) is 1. The Morgan fingerprint density at radius 3 is 2.92 bits per heavy atom. The van der Waals surface area contributed by atoms with E-state index in [9.17, 15) is 9.59 Å². The smallest absolute Gasteiger partial charge is 0.246 e. The molecule has 0 unspecified atom stereocenters. The van der Waals surface area contributed by atoms with Crippen molar-refractivity contribution in [2.45, 2.75) is 13.3 Å². The molecule has 0 aliphatic carbocycles. The van der Waals surface area contributed by atoms with Crippen molar-refractivity contribution in [2.24, 2.45) is 4.99 Å². The lowest BCUT2D eigenvalue weighted by atomic mass is 10.1. The number of H-pyrrole nitrogens is 1. The Balaban J connectivity index is 2.35. The van der Waals surface area contributed by atoms with Crippen LogP contribution in [0.25, 0.3) is 21.8 Å². The van der Waals surface area contributed by atoms with Crippen LogP contribution in [-0.2, 0) is 9.53 Å². The summed E-state index contributed by atoms with van der Waals surface area (Å²) in [6.07, 6.45) is 4.53. The molecule has 0 radical (unpaired) electrons. The van der Waals surface area contributed by atoms with Crippen molar-refractivity contribution in [1.82, 2.24) is 9.97 Å². The molecule has 2 aromatic heterocycles. The summed E-state index contributed by atoms with van der Waals surface area (Å²) >= 11 is 0. The summed E-state index contributed by atoms with van der Waals surface area (Å²) in [6, 6.07) is 3.28. The van der Waals surface area contributed by atoms with Crippen LogP contribution in [0.4, 0.5) is 5.69 Å². The Morgan fingerprint density at radius 1 is 1.42 bits per heavy atom. The van der Waals surface area contributed by atoms with E-state index in [1.165, 1.54) is 19.4 Å². The lowest BCUT2D eigenvalue weighted by Crippen LogP contribution is -2.12. The maximum Gasteiger partial charge on any atom is 0.246 e. The van der Waals surface area contributed by atoms with Crippen LogP contribution in [0.15, 0.2) is 35.7 Å². The number of aromatic amines is 1. The average molecular weight is 324 g/mol. The topological polar surface area (TPSA) is 110 Å². The number of amides is 1. The maximum absolute atomic E-state index is 12.2. The number of rotatable bonds is 4. The predicted octanol–water partition coefficient (Wildman–Crippen LogP) is 1.92. The first-order chi connectivity index (χ1) is 11.5. The molecule has 7 heteroatoms. The zero-order chi connectivity index (χ0) is 17.3. The molecule has 0 aliphatic rings. The van der Waals surface area contributed by atoms with E-state index in [1.807, 2.05) is 0 Å². The number of aromatic nitrogens is 2. The third-order valence-electron chi connectivity index (χ3n) is 3.66. The standard InChI is InChI=1S/C17H16N4O3/c1-3-14(23)20-12-7-10(18)16-15-9(8-19-16)6-11(21-17(12)15)13(22)4-5-24-2/h4-8,21H,3,18H2,1-2H3/b5-4+,20-12?. The van der Waals surface area contributed by atoms with Crippen LogP contribution in [0.3, 0.4) is 0 Å². The molecule has 0 bridgehead atoms. The van der Waals surface area contributed by atoms with E-state index >= 15 is 0 Å². The van der Waals surface area contributed by atoms with Crippen LogP contribution in [-0.4, -0.2) is 28.8 Å². The molecular weight excluding hydrogens is 308 g/mol. The number of nitrogens with zero attached hydrogens (tertiary/aromatic N) is 2. The first kappa shape index (κ1) is 15.7. The SMILES string of the molecule is CCC(=O)N=c1cc(N)c2ncc3cc(C(=O)/C=C/OC)[nH]c1c32. The van der Waals surface area contributed by atoms with Crippen LogP contribution < -0.4 is 11.1 Å². The highest BCUT2D eigenvalue weighted by Gasteiger charge is 2.14. The number of methoxy groups -OCH3 is 1. The van der Waals surface area contributed by atoms with Crippen molar-refractivity contribution >= 4 is 39.2 Å². The summed E-state index contributed by atoms with van der Waals surface area (Å²) < 4.78 is 4.77. The van der Waals surface area contributed by atoms with Crippen molar-refractivity contribution < 1.29 is 14.3 Å². The van der Waals surface area contributed by atoms with Gasteiger partial charge in [0, 0.05) is 29.5 Å². The average Bonchev–Trinajstić information content (AvgIpc) is 3.01. The van der Waals surface area contributed by atoms with E-state index in [0.717, 1.165) is 10.8 Å². The van der Waals surface area contributed by atoms with E-state index in [4.69, 9.17) is 10.5 Å². The fourth-order valence-corrected chi connectivity index (χ4v) is 2.51. The second kappa shape index (κ2) is 6.11. The predicted molar refractivity (Wildman–Crippen MR) is 90.5 cm³/mol. The summed E-state index contributed by atoms with van der Waals surface area (Å²) in [5.41, 5.74) is 7.97. The molecule has 0 atom stereocenters. The van der Waals surface area contributed by atoms with Crippen LogP contribution >= 0.6 is 0 Å². The number of carbonyl (C=O) groups excluding carboxylic acids is 2. The molecule has 0 fully saturated rings. The Kier molecular flexibility index (Phi) is 3.99. The highest BCUT2D eigenvalue weighted by Crippen LogP contribution is 2.27. The van der Waals surface area contributed by atoms with Gasteiger partial charge in [-0.1, -0.05) is 6.92 Å². The van der Waals surface area contributed by atoms with Gasteiger partial charge in [-0.15, -0.1) is 0 Å². The number of nitrogen functional groups attached to an aromatic ring is 1. The third-order valence-corrected chi connectivity index (χ3v) is 3.66. The van der Waals surface area contributed by atoms with Crippen LogP contribution in [0.2, 0.25) is 0 Å². The fraction of sp³-hybridized carbons (Fsp3) is 0.176. The number of allylic oxidation sites excluding steroid dienone is 1. The molecule has 24 heavy (non-hydrogen) atoms. The Morgan fingerprint density at radius 2 is 2.21 bits per heavy atom. The number of ketones is 1. The van der Waals surface area contributed by atoms with Crippen LogP contribution in [0.1, 0.15) is 23.8 Å². The van der Waals surface area contributed by atoms with Gasteiger partial charge in [-0.3, -0.25) is 14.6 Å². The molecular formula is C17H16N4O3. The third kappa shape index (κ3) is 2.60. The number of hydrogen-bond acceptors (Lipinski definition) is 5. The van der Waals surface area contributed by atoms with Gasteiger partial charge in [0.2, 0.25) is 11.7 Å². The zero-order valence-electron chi connectivity index (χ0n) is 13.3. The van der Waals surface area contributed by atoms with Crippen molar-refractivity contribution in [3.05, 3.63) is 41.7 Å². The molecule has 7 nitrogen and oxygen atoms in total. The molecule has 2 heterocycles. The minimum Gasteiger partial charge on any atom is -0.504 e. The number of nitrogens with one attached hydrogen (secondary N) is 1. The molecule has 122 valence electrons. The van der Waals surface area contributed by atoms with Gasteiger partial charge < -0.3 is 15.5 Å². The molecule has 1 aromatic carbocycles. The largest absolute Gasteiger partial charge is 0.504 e. The van der Waals surface area contributed by atoms with Crippen LogP contribution in [0, 0.1) is 0 Å². The van der Waals surface area contributed by atoms with Gasteiger partial charge in [0.05, 0.1) is 41.1 Å². The highest BCUT2D eigenvalue weighted by molar-refractivity contribution is 6.15. The van der Waals surface area contributed by atoms with Gasteiger partial charge >= 0.3 is 0 Å². The number of pyridine rings is 1. The summed E-state index contributed by atoms with van der Waals surface area (Å²) in [5.74, 6) is -0.531. The first-order valence-electron chi connectivity index (χ1n) is 7.40. The minimum absolute atomic E-state index is 0.263. The van der Waals surface area contributed by atoms with E-state index in [1.54, 1.807) is 25.3 Å². The molecule has 0 aliphatic heterocycles. The highest BCUT2D eigenvalue weighted by atomic mass is 16.5. The van der Waals surface area contributed by atoms with Gasteiger partial charge in [0.15, 0.2) is 0 Å². The van der Waals surface area contributed by atoms with Crippen LogP contribution in [0.5, 0.6) is 0 Å². The Bertz CT molecular complexity index is 1030. The summed E-state index contributed by atoms with van der Waals surface area (Å²) in [7, 11) is 1.46. The Labute approximate surface area is 137 Å². The molecule has 3 N–H and O–H groups in total. The van der Waals surface area contributed by atoms with Gasteiger partial charge in [-0.25, -0.2) is 4.99 Å². The first-order valence-corrected chi connectivity index (χ1v) is 7.40.